The van der Waals surface area contributed by atoms with Crippen LogP contribution in [0, 0.1) is 0 Å². The fourth-order valence-corrected chi connectivity index (χ4v) is 3.08. The highest BCUT2D eigenvalue weighted by Crippen LogP contribution is 2.20. The van der Waals surface area contributed by atoms with Crippen LogP contribution >= 0.6 is 0 Å². The number of ether oxygens (including phenoxy) is 1. The highest BCUT2D eigenvalue weighted by Gasteiger charge is 2.18. The number of hydrogen-bond acceptors (Lipinski definition) is 5. The zero-order chi connectivity index (χ0) is 19.1. The quantitative estimate of drug-likeness (QED) is 0.771. The van der Waals surface area contributed by atoms with E-state index < -0.39 is 0 Å². The molecule has 144 valence electrons. The number of carbonyl (C=O) groups excluding carboxylic acids is 1. The molecule has 2 aromatic rings. The summed E-state index contributed by atoms with van der Waals surface area (Å²) < 4.78 is 5.67. The number of nitrogens with zero attached hydrogens (tertiary/aromatic N) is 3. The fraction of sp³-hybridized carbons (Fsp3) is 0.476. The summed E-state index contributed by atoms with van der Waals surface area (Å²) in [7, 11) is 1.82. The predicted octanol–water partition coefficient (Wildman–Crippen LogP) is 3.61. The van der Waals surface area contributed by atoms with Crippen molar-refractivity contribution in [2.24, 2.45) is 0 Å². The lowest BCUT2D eigenvalue weighted by Crippen LogP contribution is -2.29. The van der Waals surface area contributed by atoms with Crippen LogP contribution in [0.25, 0.3) is 11.4 Å². The second-order valence-corrected chi connectivity index (χ2v) is 6.92. The van der Waals surface area contributed by atoms with Gasteiger partial charge >= 0.3 is 0 Å². The van der Waals surface area contributed by atoms with Crippen molar-refractivity contribution < 1.29 is 9.53 Å². The molecule has 1 aliphatic heterocycles. The fourth-order valence-electron chi connectivity index (χ4n) is 3.08. The number of aromatic nitrogens is 2. The number of anilines is 1. The minimum absolute atomic E-state index is 0.0804. The van der Waals surface area contributed by atoms with Gasteiger partial charge in [0.25, 0.3) is 5.91 Å². The Morgan fingerprint density at radius 3 is 2.81 bits per heavy atom. The Kier molecular flexibility index (Phi) is 6.76. The lowest BCUT2D eigenvalue weighted by molar-refractivity contribution is 0.0787. The van der Waals surface area contributed by atoms with Crippen LogP contribution in [0.1, 0.15) is 43.1 Å². The summed E-state index contributed by atoms with van der Waals surface area (Å²) in [5.41, 5.74) is 1.31. The molecule has 0 saturated carbocycles. The molecule has 0 aliphatic carbocycles. The Hall–Kier alpha value is -2.47. The van der Waals surface area contributed by atoms with Crippen LogP contribution in [-0.4, -0.2) is 53.6 Å². The second-order valence-electron chi connectivity index (χ2n) is 6.92. The monoisotopic (exact) mass is 368 g/mol. The van der Waals surface area contributed by atoms with Gasteiger partial charge in [0.15, 0.2) is 5.82 Å². The van der Waals surface area contributed by atoms with E-state index in [4.69, 9.17) is 4.74 Å². The lowest BCUT2D eigenvalue weighted by Gasteiger charge is -2.18. The average Bonchev–Trinajstić information content (AvgIpc) is 3.24. The number of nitrogens with one attached hydrogen (secondary N) is 1. The van der Waals surface area contributed by atoms with Crippen molar-refractivity contribution in [2.75, 3.05) is 32.1 Å². The van der Waals surface area contributed by atoms with Gasteiger partial charge in [0.05, 0.1) is 6.10 Å². The van der Waals surface area contributed by atoms with E-state index in [0.29, 0.717) is 23.9 Å². The first kappa shape index (κ1) is 19.3. The number of hydrogen-bond donors (Lipinski definition) is 1. The maximum Gasteiger partial charge on any atom is 0.272 e. The van der Waals surface area contributed by atoms with E-state index in [1.54, 1.807) is 11.0 Å². The van der Waals surface area contributed by atoms with Gasteiger partial charge in [0, 0.05) is 38.4 Å². The van der Waals surface area contributed by atoms with Gasteiger partial charge in [-0.05, 0) is 19.3 Å². The van der Waals surface area contributed by atoms with Crippen molar-refractivity contribution in [3.63, 3.8) is 0 Å². The van der Waals surface area contributed by atoms with E-state index in [1.165, 1.54) is 0 Å². The van der Waals surface area contributed by atoms with E-state index in [9.17, 15) is 4.79 Å². The Morgan fingerprint density at radius 1 is 1.30 bits per heavy atom. The summed E-state index contributed by atoms with van der Waals surface area (Å²) in [6.07, 6.45) is 4.37. The average molecular weight is 368 g/mol. The van der Waals surface area contributed by atoms with Crippen LogP contribution in [0.3, 0.4) is 0 Å². The number of rotatable bonds is 8. The Labute approximate surface area is 161 Å². The zero-order valence-electron chi connectivity index (χ0n) is 16.1. The van der Waals surface area contributed by atoms with Gasteiger partial charge < -0.3 is 15.0 Å². The van der Waals surface area contributed by atoms with E-state index in [0.717, 1.165) is 44.4 Å². The molecule has 1 atom stereocenters. The lowest BCUT2D eigenvalue weighted by atomic mass is 10.2. The van der Waals surface area contributed by atoms with Crippen molar-refractivity contribution in [2.45, 2.75) is 38.7 Å². The summed E-state index contributed by atoms with van der Waals surface area (Å²) >= 11 is 0. The van der Waals surface area contributed by atoms with Crippen molar-refractivity contribution in [3.05, 3.63) is 42.1 Å². The Balaban J connectivity index is 1.84. The van der Waals surface area contributed by atoms with E-state index in [1.807, 2.05) is 37.4 Å². The van der Waals surface area contributed by atoms with E-state index in [-0.39, 0.29) is 12.0 Å². The van der Waals surface area contributed by atoms with Gasteiger partial charge in [-0.2, -0.15) is 0 Å². The van der Waals surface area contributed by atoms with Crippen molar-refractivity contribution >= 4 is 11.7 Å². The predicted molar refractivity (Wildman–Crippen MR) is 107 cm³/mol. The molecule has 2 heterocycles. The second kappa shape index (κ2) is 9.46. The first-order valence-electron chi connectivity index (χ1n) is 9.73. The first-order valence-corrected chi connectivity index (χ1v) is 9.73. The van der Waals surface area contributed by atoms with Gasteiger partial charge in [-0.3, -0.25) is 4.79 Å². The van der Waals surface area contributed by atoms with Gasteiger partial charge in [-0.15, -0.1) is 0 Å². The largest absolute Gasteiger partial charge is 0.376 e. The highest BCUT2D eigenvalue weighted by molar-refractivity contribution is 5.93. The minimum Gasteiger partial charge on any atom is -0.376 e. The Morgan fingerprint density at radius 2 is 2.11 bits per heavy atom. The molecule has 1 amide bonds. The summed E-state index contributed by atoms with van der Waals surface area (Å²) in [6, 6.07) is 11.5. The highest BCUT2D eigenvalue weighted by atomic mass is 16.5. The SMILES string of the molecule is CCCCN(C)C(=O)c1cc(NCC2CCCO2)nc(-c2ccccc2)n1. The molecule has 1 aromatic heterocycles. The Bertz CT molecular complexity index is 745. The number of carbonyl (C=O) groups is 1. The smallest absolute Gasteiger partial charge is 0.272 e. The molecule has 1 aromatic carbocycles. The molecule has 0 bridgehead atoms. The molecule has 1 saturated heterocycles. The number of amides is 1. The van der Waals surface area contributed by atoms with E-state index >= 15 is 0 Å². The molecule has 27 heavy (non-hydrogen) atoms. The zero-order valence-corrected chi connectivity index (χ0v) is 16.1. The molecule has 0 radical (unpaired) electrons. The molecule has 1 fully saturated rings. The molecule has 0 spiro atoms. The van der Waals surface area contributed by atoms with Crippen LogP contribution in [0.5, 0.6) is 0 Å². The molecular formula is C21H28N4O2. The summed E-state index contributed by atoms with van der Waals surface area (Å²) in [5, 5.41) is 3.33. The molecule has 1 unspecified atom stereocenters. The third kappa shape index (κ3) is 5.26. The van der Waals surface area contributed by atoms with Gasteiger partial charge in [-0.25, -0.2) is 9.97 Å². The van der Waals surface area contributed by atoms with Crippen LogP contribution in [-0.2, 0) is 4.74 Å². The molecule has 1 N–H and O–H groups in total. The maximum absolute atomic E-state index is 12.8. The van der Waals surface area contributed by atoms with Gasteiger partial charge in [-0.1, -0.05) is 43.7 Å². The van der Waals surface area contributed by atoms with Gasteiger partial charge in [0.1, 0.15) is 11.5 Å². The van der Waals surface area contributed by atoms with Gasteiger partial charge in [0.2, 0.25) is 0 Å². The normalized spacial score (nSPS) is 16.3. The van der Waals surface area contributed by atoms with Crippen LogP contribution in [0.15, 0.2) is 36.4 Å². The topological polar surface area (TPSA) is 67.4 Å². The molecular weight excluding hydrogens is 340 g/mol. The molecule has 3 rings (SSSR count). The van der Waals surface area contributed by atoms with Crippen LogP contribution < -0.4 is 5.32 Å². The van der Waals surface area contributed by atoms with Crippen LogP contribution in [0.2, 0.25) is 0 Å². The third-order valence-electron chi connectivity index (χ3n) is 4.71. The summed E-state index contributed by atoms with van der Waals surface area (Å²) in [6.45, 7) is 4.34. The number of unbranched alkanes of at least 4 members (excludes halogenated alkanes) is 1. The summed E-state index contributed by atoms with van der Waals surface area (Å²) in [5.74, 6) is 1.13. The molecule has 6 heteroatoms. The standard InChI is InChI=1S/C21H28N4O2/c1-3-4-12-25(2)21(26)18-14-19(22-15-17-11-8-13-27-17)24-20(23-18)16-9-6-5-7-10-16/h5-7,9-10,14,17H,3-4,8,11-13,15H2,1-2H3,(H,22,23,24). The first-order chi connectivity index (χ1) is 13.2. The third-order valence-corrected chi connectivity index (χ3v) is 4.71. The minimum atomic E-state index is -0.0804. The van der Waals surface area contributed by atoms with Crippen molar-refractivity contribution in [3.8, 4) is 11.4 Å². The maximum atomic E-state index is 12.8. The van der Waals surface area contributed by atoms with Crippen LogP contribution in [0.4, 0.5) is 5.82 Å². The van der Waals surface area contributed by atoms with Crippen molar-refractivity contribution in [1.29, 1.82) is 0 Å². The van der Waals surface area contributed by atoms with E-state index in [2.05, 4.69) is 22.2 Å². The molecule has 1 aliphatic rings. The summed E-state index contributed by atoms with van der Waals surface area (Å²) in [4.78, 5) is 23.7. The number of benzene rings is 1. The molecule has 6 nitrogen and oxygen atoms in total. The van der Waals surface area contributed by atoms with Crippen molar-refractivity contribution in [1.82, 2.24) is 14.9 Å².